The van der Waals surface area contributed by atoms with Gasteiger partial charge in [0.2, 0.25) is 0 Å². The lowest BCUT2D eigenvalue weighted by Gasteiger charge is -2.20. The van der Waals surface area contributed by atoms with Gasteiger partial charge in [0.05, 0.1) is 8.49 Å². The molecule has 102 valence electrons. The number of rotatable bonds is 2. The second-order valence-electron chi connectivity index (χ2n) is 3.96. The normalized spacial score (nSPS) is 9.89. The monoisotopic (exact) mass is 377 g/mol. The Hall–Kier alpha value is -1.71. The van der Waals surface area contributed by atoms with Gasteiger partial charge in [0.1, 0.15) is 0 Å². The summed E-state index contributed by atoms with van der Waals surface area (Å²) < 4.78 is 0.431. The van der Waals surface area contributed by atoms with Crippen LogP contribution >= 0.6 is 22.6 Å². The highest BCUT2D eigenvalue weighted by Crippen LogP contribution is 2.22. The first-order valence-corrected chi connectivity index (χ1v) is 6.27. The van der Waals surface area contributed by atoms with Crippen LogP contribution in [0.4, 0.5) is 10.5 Å². The van der Waals surface area contributed by atoms with Crippen LogP contribution in [0.25, 0.3) is 0 Å². The summed E-state index contributed by atoms with van der Waals surface area (Å²) >= 11 is 1.82. The summed E-state index contributed by atoms with van der Waals surface area (Å²) in [5.74, 6) is -0.585. The summed E-state index contributed by atoms with van der Waals surface area (Å²) in [4.78, 5) is 36.1. The number of nitro benzene ring substituents is 1. The summed E-state index contributed by atoms with van der Waals surface area (Å²) in [6, 6.07) is 3.60. The van der Waals surface area contributed by atoms with Crippen LogP contribution in [0, 0.1) is 13.7 Å². The average molecular weight is 377 g/mol. The van der Waals surface area contributed by atoms with Crippen molar-refractivity contribution in [2.45, 2.75) is 0 Å². The number of benzene rings is 1. The predicted octanol–water partition coefficient (Wildman–Crippen LogP) is 1.95. The van der Waals surface area contributed by atoms with Gasteiger partial charge in [0.15, 0.2) is 0 Å². The first-order valence-electron chi connectivity index (χ1n) is 5.19. The Labute approximate surface area is 123 Å². The Morgan fingerprint density at radius 2 is 1.84 bits per heavy atom. The zero-order valence-corrected chi connectivity index (χ0v) is 12.7. The predicted molar refractivity (Wildman–Crippen MR) is 77.0 cm³/mol. The number of halogens is 1. The number of carbonyl (C=O) groups is 2. The molecule has 0 aliphatic heterocycles. The first kappa shape index (κ1) is 15.3. The van der Waals surface area contributed by atoms with Crippen LogP contribution in [0.5, 0.6) is 0 Å². The molecule has 0 N–H and O–H groups in total. The van der Waals surface area contributed by atoms with Gasteiger partial charge in [-0.3, -0.25) is 19.8 Å². The van der Waals surface area contributed by atoms with E-state index in [1.807, 2.05) is 22.6 Å². The van der Waals surface area contributed by atoms with Crippen molar-refractivity contribution >= 4 is 40.2 Å². The van der Waals surface area contributed by atoms with E-state index in [-0.39, 0.29) is 11.3 Å². The number of imide groups is 1. The number of urea groups is 1. The average Bonchev–Trinajstić information content (AvgIpc) is 2.36. The molecule has 0 atom stereocenters. The number of carbonyl (C=O) groups excluding carboxylic acids is 2. The molecule has 19 heavy (non-hydrogen) atoms. The number of amides is 3. The highest BCUT2D eigenvalue weighted by atomic mass is 127. The van der Waals surface area contributed by atoms with E-state index < -0.39 is 16.9 Å². The van der Waals surface area contributed by atoms with Gasteiger partial charge in [0.25, 0.3) is 11.6 Å². The third-order valence-corrected chi connectivity index (χ3v) is 3.28. The molecule has 0 saturated heterocycles. The molecule has 0 saturated carbocycles. The molecule has 0 radical (unpaired) electrons. The lowest BCUT2D eigenvalue weighted by molar-refractivity contribution is -0.385. The number of hydrogen-bond acceptors (Lipinski definition) is 4. The van der Waals surface area contributed by atoms with Gasteiger partial charge in [0, 0.05) is 32.8 Å². The summed E-state index contributed by atoms with van der Waals surface area (Å²) in [6.45, 7) is 0. The molecule has 0 bridgehead atoms. The van der Waals surface area contributed by atoms with E-state index >= 15 is 0 Å². The number of hydrogen-bond donors (Lipinski definition) is 0. The van der Waals surface area contributed by atoms with Gasteiger partial charge < -0.3 is 4.90 Å². The Morgan fingerprint density at radius 1 is 1.26 bits per heavy atom. The van der Waals surface area contributed by atoms with Gasteiger partial charge in [-0.15, -0.1) is 0 Å². The summed E-state index contributed by atoms with van der Waals surface area (Å²) in [7, 11) is 4.36. The maximum Gasteiger partial charge on any atom is 0.326 e. The van der Waals surface area contributed by atoms with E-state index in [1.54, 1.807) is 0 Å². The molecule has 0 unspecified atom stereocenters. The van der Waals surface area contributed by atoms with Gasteiger partial charge in [-0.05, 0) is 34.7 Å². The summed E-state index contributed by atoms with van der Waals surface area (Å²) in [5, 5.41) is 10.8. The fourth-order valence-electron chi connectivity index (χ4n) is 1.37. The van der Waals surface area contributed by atoms with E-state index in [1.165, 1.54) is 44.2 Å². The zero-order chi connectivity index (χ0) is 14.7. The highest BCUT2D eigenvalue weighted by molar-refractivity contribution is 14.1. The molecule has 8 heteroatoms. The smallest absolute Gasteiger partial charge is 0.326 e. The second-order valence-corrected chi connectivity index (χ2v) is 5.13. The molecule has 0 spiro atoms. The van der Waals surface area contributed by atoms with E-state index in [2.05, 4.69) is 0 Å². The minimum Gasteiger partial charge on any atom is -0.330 e. The van der Waals surface area contributed by atoms with Gasteiger partial charge in [-0.2, -0.15) is 0 Å². The van der Waals surface area contributed by atoms with Crippen molar-refractivity contribution in [2.75, 3.05) is 21.1 Å². The van der Waals surface area contributed by atoms with Crippen molar-refractivity contribution in [1.29, 1.82) is 0 Å². The molecule has 1 aromatic rings. The third-order valence-electron chi connectivity index (χ3n) is 2.36. The van der Waals surface area contributed by atoms with Crippen LogP contribution in [0.3, 0.4) is 0 Å². The summed E-state index contributed by atoms with van der Waals surface area (Å²) in [6.07, 6.45) is 0. The van der Waals surface area contributed by atoms with Crippen molar-refractivity contribution in [3.8, 4) is 0 Å². The van der Waals surface area contributed by atoms with Crippen LogP contribution in [0.15, 0.2) is 18.2 Å². The van der Waals surface area contributed by atoms with Gasteiger partial charge in [-0.25, -0.2) is 4.79 Å². The van der Waals surface area contributed by atoms with Gasteiger partial charge >= 0.3 is 6.03 Å². The molecule has 0 aliphatic carbocycles. The Balaban J connectivity index is 3.10. The molecule has 7 nitrogen and oxygen atoms in total. The first-order chi connectivity index (χ1) is 8.75. The second kappa shape index (κ2) is 5.95. The molecule has 3 amide bonds. The molecule has 0 heterocycles. The van der Waals surface area contributed by atoms with Crippen molar-refractivity contribution in [3.63, 3.8) is 0 Å². The molecule has 0 aliphatic rings. The Bertz CT molecular complexity index is 545. The zero-order valence-electron chi connectivity index (χ0n) is 10.6. The van der Waals surface area contributed by atoms with Crippen LogP contribution in [0.2, 0.25) is 0 Å². The molecular weight excluding hydrogens is 365 g/mol. The fraction of sp³-hybridized carbons (Fsp3) is 0.273. The summed E-state index contributed by atoms with van der Waals surface area (Å²) in [5.41, 5.74) is -0.0537. The van der Waals surface area contributed by atoms with Crippen molar-refractivity contribution in [2.24, 2.45) is 0 Å². The maximum atomic E-state index is 12.0. The molecule has 0 aromatic heterocycles. The molecule has 0 fully saturated rings. The Kier molecular flexibility index (Phi) is 4.81. The number of nitro groups is 1. The quantitative estimate of drug-likeness (QED) is 0.448. The van der Waals surface area contributed by atoms with Crippen LogP contribution in [0.1, 0.15) is 10.4 Å². The topological polar surface area (TPSA) is 83.8 Å². The van der Waals surface area contributed by atoms with Crippen molar-refractivity contribution in [3.05, 3.63) is 37.4 Å². The SMILES string of the molecule is CN(C)C(=O)N(C)C(=O)c1ccc(I)c([N+](=O)[O-])c1. The number of nitrogens with zero attached hydrogens (tertiary/aromatic N) is 3. The minimum absolute atomic E-state index is 0.102. The molecule has 1 aromatic carbocycles. The highest BCUT2D eigenvalue weighted by Gasteiger charge is 2.22. The van der Waals surface area contributed by atoms with E-state index in [9.17, 15) is 19.7 Å². The van der Waals surface area contributed by atoms with E-state index in [4.69, 9.17) is 0 Å². The van der Waals surface area contributed by atoms with Gasteiger partial charge in [-0.1, -0.05) is 0 Å². The maximum absolute atomic E-state index is 12.0. The lowest BCUT2D eigenvalue weighted by atomic mass is 10.2. The third kappa shape index (κ3) is 3.40. The van der Waals surface area contributed by atoms with Crippen LogP contribution in [-0.2, 0) is 0 Å². The van der Waals surface area contributed by atoms with Crippen molar-refractivity contribution in [1.82, 2.24) is 9.80 Å². The largest absolute Gasteiger partial charge is 0.330 e. The van der Waals surface area contributed by atoms with Crippen LogP contribution < -0.4 is 0 Å². The fourth-order valence-corrected chi connectivity index (χ4v) is 1.90. The van der Waals surface area contributed by atoms with Crippen LogP contribution in [-0.4, -0.2) is 47.8 Å². The van der Waals surface area contributed by atoms with E-state index in [0.717, 1.165) is 4.90 Å². The molecular formula is C11H12IN3O4. The lowest BCUT2D eigenvalue weighted by Crippen LogP contribution is -2.40. The van der Waals surface area contributed by atoms with E-state index in [0.29, 0.717) is 3.57 Å². The minimum atomic E-state index is -0.585. The standard InChI is InChI=1S/C11H12IN3O4/c1-13(2)11(17)14(3)10(16)7-4-5-8(12)9(6-7)15(18)19/h4-6H,1-3H3. The Morgan fingerprint density at radius 3 is 2.32 bits per heavy atom. The van der Waals surface area contributed by atoms with Crippen molar-refractivity contribution < 1.29 is 14.5 Å². The molecule has 1 rings (SSSR count).